The van der Waals surface area contributed by atoms with Crippen LogP contribution in [0.25, 0.3) is 0 Å². The van der Waals surface area contributed by atoms with E-state index >= 15 is 0 Å². The molecular formula is C19H18ClF3N2O3. The second-order valence-corrected chi connectivity index (χ2v) is 7.02. The second-order valence-electron chi connectivity index (χ2n) is 6.62. The Morgan fingerprint density at radius 3 is 2.46 bits per heavy atom. The van der Waals surface area contributed by atoms with Crippen molar-refractivity contribution in [3.63, 3.8) is 0 Å². The third-order valence-corrected chi connectivity index (χ3v) is 4.51. The molecule has 0 saturated heterocycles. The van der Waals surface area contributed by atoms with Crippen LogP contribution < -0.4 is 20.1 Å². The minimum absolute atomic E-state index is 0.114. The first-order valence-electron chi connectivity index (χ1n) is 8.49. The Balaban J connectivity index is 1.75. The van der Waals surface area contributed by atoms with Crippen LogP contribution in [0.2, 0.25) is 5.02 Å². The van der Waals surface area contributed by atoms with Crippen molar-refractivity contribution in [2.45, 2.75) is 26.1 Å². The molecule has 1 atom stereocenters. The minimum Gasteiger partial charge on any atom is -0.454 e. The van der Waals surface area contributed by atoms with Gasteiger partial charge in [0.15, 0.2) is 11.5 Å². The number of nitrogens with one attached hydrogen (secondary N) is 2. The molecule has 1 aliphatic heterocycles. The molecule has 0 saturated carbocycles. The summed E-state index contributed by atoms with van der Waals surface area (Å²) in [5.74, 6) is 0.600. The lowest BCUT2D eigenvalue weighted by Gasteiger charge is -2.24. The number of rotatable bonds is 5. The summed E-state index contributed by atoms with van der Waals surface area (Å²) in [7, 11) is 0. The standard InChI is InChI=1S/C19H18ClF3N2O3/c1-10(2)17(25-14-5-3-11(7-13(14)20)19(21,22)23)18(26)24-12-4-6-15-16(8-12)28-9-27-15/h3-8,10,17,25H,9H2,1-2H3,(H,24,26)/t17-/m1/s1. The summed E-state index contributed by atoms with van der Waals surface area (Å²) in [6, 6.07) is 7.24. The van der Waals surface area contributed by atoms with E-state index < -0.39 is 17.8 Å². The molecule has 1 heterocycles. The van der Waals surface area contributed by atoms with Crippen molar-refractivity contribution >= 4 is 28.9 Å². The number of ether oxygens (including phenoxy) is 2. The first-order valence-corrected chi connectivity index (χ1v) is 8.87. The van der Waals surface area contributed by atoms with Gasteiger partial charge in [0.1, 0.15) is 6.04 Å². The fourth-order valence-corrected chi connectivity index (χ4v) is 2.94. The first kappa shape index (κ1) is 20.1. The summed E-state index contributed by atoms with van der Waals surface area (Å²) in [5.41, 5.74) is -0.0941. The zero-order chi connectivity index (χ0) is 20.5. The lowest BCUT2D eigenvalue weighted by atomic mass is 10.0. The maximum absolute atomic E-state index is 12.8. The van der Waals surface area contributed by atoms with Gasteiger partial charge in [-0.25, -0.2) is 0 Å². The molecule has 9 heteroatoms. The van der Waals surface area contributed by atoms with E-state index in [9.17, 15) is 18.0 Å². The van der Waals surface area contributed by atoms with Crippen LogP contribution in [0.4, 0.5) is 24.5 Å². The number of halogens is 4. The van der Waals surface area contributed by atoms with Gasteiger partial charge < -0.3 is 20.1 Å². The Kier molecular flexibility index (Phi) is 5.60. The molecule has 3 rings (SSSR count). The summed E-state index contributed by atoms with van der Waals surface area (Å²) in [6.07, 6.45) is -4.49. The third kappa shape index (κ3) is 4.44. The van der Waals surface area contributed by atoms with Crippen molar-refractivity contribution in [2.24, 2.45) is 5.92 Å². The summed E-state index contributed by atoms with van der Waals surface area (Å²) < 4.78 is 48.9. The maximum Gasteiger partial charge on any atom is 0.416 e. The fourth-order valence-electron chi connectivity index (χ4n) is 2.71. The molecule has 0 spiro atoms. The quantitative estimate of drug-likeness (QED) is 0.709. The first-order chi connectivity index (χ1) is 13.1. The predicted molar refractivity (Wildman–Crippen MR) is 99.9 cm³/mol. The normalized spacial score (nSPS) is 14.1. The van der Waals surface area contributed by atoms with Crippen molar-refractivity contribution in [3.05, 3.63) is 47.0 Å². The molecule has 0 fully saturated rings. The van der Waals surface area contributed by atoms with Gasteiger partial charge in [0, 0.05) is 11.8 Å². The minimum atomic E-state index is -4.49. The third-order valence-electron chi connectivity index (χ3n) is 4.20. The van der Waals surface area contributed by atoms with E-state index in [1.807, 2.05) is 13.8 Å². The molecule has 0 aromatic heterocycles. The highest BCUT2D eigenvalue weighted by Crippen LogP contribution is 2.35. The van der Waals surface area contributed by atoms with Gasteiger partial charge in [0.05, 0.1) is 16.3 Å². The van der Waals surface area contributed by atoms with Crippen molar-refractivity contribution in [2.75, 3.05) is 17.4 Å². The Hall–Kier alpha value is -2.61. The SMILES string of the molecule is CC(C)[C@@H](Nc1ccc(C(F)(F)F)cc1Cl)C(=O)Nc1ccc2c(c1)OCO2. The monoisotopic (exact) mass is 414 g/mol. The smallest absolute Gasteiger partial charge is 0.416 e. The molecule has 2 aromatic rings. The molecule has 2 N–H and O–H groups in total. The van der Waals surface area contributed by atoms with Crippen LogP contribution in [0.15, 0.2) is 36.4 Å². The highest BCUT2D eigenvalue weighted by atomic mass is 35.5. The summed E-state index contributed by atoms with van der Waals surface area (Å²) in [4.78, 5) is 12.7. The van der Waals surface area contributed by atoms with E-state index in [0.717, 1.165) is 12.1 Å². The van der Waals surface area contributed by atoms with Crippen molar-refractivity contribution in [3.8, 4) is 11.5 Å². The number of hydrogen-bond donors (Lipinski definition) is 2. The number of benzene rings is 2. The topological polar surface area (TPSA) is 59.6 Å². The van der Waals surface area contributed by atoms with Gasteiger partial charge in [0.2, 0.25) is 12.7 Å². The largest absolute Gasteiger partial charge is 0.454 e. The molecule has 28 heavy (non-hydrogen) atoms. The number of amides is 1. The highest BCUT2D eigenvalue weighted by Gasteiger charge is 2.31. The Morgan fingerprint density at radius 1 is 1.11 bits per heavy atom. The van der Waals surface area contributed by atoms with Crippen LogP contribution in [0.5, 0.6) is 11.5 Å². The van der Waals surface area contributed by atoms with Gasteiger partial charge in [0.25, 0.3) is 0 Å². The molecule has 0 aliphatic carbocycles. The number of alkyl halides is 3. The van der Waals surface area contributed by atoms with Crippen LogP contribution in [-0.4, -0.2) is 18.7 Å². The zero-order valence-electron chi connectivity index (χ0n) is 15.1. The van der Waals surface area contributed by atoms with Crippen LogP contribution in [0.1, 0.15) is 19.4 Å². The van der Waals surface area contributed by atoms with E-state index in [1.165, 1.54) is 6.07 Å². The molecule has 2 aromatic carbocycles. The van der Waals surface area contributed by atoms with E-state index in [4.69, 9.17) is 21.1 Å². The number of carbonyl (C=O) groups excluding carboxylic acids is 1. The van der Waals surface area contributed by atoms with Gasteiger partial charge in [-0.2, -0.15) is 13.2 Å². The predicted octanol–water partition coefficient (Wildman–Crippen LogP) is 5.16. The lowest BCUT2D eigenvalue weighted by molar-refractivity contribution is -0.137. The number of hydrogen-bond acceptors (Lipinski definition) is 4. The van der Waals surface area contributed by atoms with E-state index in [0.29, 0.717) is 17.2 Å². The second kappa shape index (κ2) is 7.79. The average molecular weight is 415 g/mol. The molecule has 5 nitrogen and oxygen atoms in total. The van der Waals surface area contributed by atoms with Crippen LogP contribution in [0.3, 0.4) is 0 Å². The zero-order valence-corrected chi connectivity index (χ0v) is 15.8. The molecule has 0 bridgehead atoms. The lowest BCUT2D eigenvalue weighted by Crippen LogP contribution is -2.39. The molecule has 1 aliphatic rings. The number of fused-ring (bicyclic) bond motifs is 1. The van der Waals surface area contributed by atoms with Crippen molar-refractivity contribution < 1.29 is 27.4 Å². The van der Waals surface area contributed by atoms with Gasteiger partial charge in [-0.05, 0) is 36.2 Å². The highest BCUT2D eigenvalue weighted by molar-refractivity contribution is 6.33. The maximum atomic E-state index is 12.8. The van der Waals surface area contributed by atoms with Gasteiger partial charge in [-0.15, -0.1) is 0 Å². The Labute approximate surface area is 164 Å². The van der Waals surface area contributed by atoms with Crippen LogP contribution in [-0.2, 0) is 11.0 Å². The van der Waals surface area contributed by atoms with Gasteiger partial charge in [-0.3, -0.25) is 4.79 Å². The van der Waals surface area contributed by atoms with E-state index in [2.05, 4.69) is 10.6 Å². The summed E-state index contributed by atoms with van der Waals surface area (Å²) >= 11 is 5.99. The van der Waals surface area contributed by atoms with Crippen LogP contribution >= 0.6 is 11.6 Å². The molecular weight excluding hydrogens is 397 g/mol. The van der Waals surface area contributed by atoms with Crippen molar-refractivity contribution in [1.29, 1.82) is 0 Å². The summed E-state index contributed by atoms with van der Waals surface area (Å²) in [6.45, 7) is 3.75. The van der Waals surface area contributed by atoms with Crippen molar-refractivity contribution in [1.82, 2.24) is 0 Å². The van der Waals surface area contributed by atoms with E-state index in [1.54, 1.807) is 18.2 Å². The number of carbonyl (C=O) groups is 1. The fraction of sp³-hybridized carbons (Fsp3) is 0.316. The van der Waals surface area contributed by atoms with Gasteiger partial charge >= 0.3 is 6.18 Å². The average Bonchev–Trinajstić information content (AvgIpc) is 3.07. The molecule has 150 valence electrons. The Morgan fingerprint density at radius 2 is 1.82 bits per heavy atom. The molecule has 0 radical (unpaired) electrons. The summed E-state index contributed by atoms with van der Waals surface area (Å²) in [5, 5.41) is 5.58. The molecule has 1 amide bonds. The van der Waals surface area contributed by atoms with E-state index in [-0.39, 0.29) is 29.3 Å². The number of anilines is 2. The molecule has 0 unspecified atom stereocenters. The van der Waals surface area contributed by atoms with Gasteiger partial charge in [-0.1, -0.05) is 25.4 Å². The Bertz CT molecular complexity index is 887. The van der Waals surface area contributed by atoms with Crippen LogP contribution in [0, 0.1) is 5.92 Å².